The minimum absolute atomic E-state index is 0.0740. The number of nitriles is 1. The van der Waals surface area contributed by atoms with E-state index in [1.807, 2.05) is 115 Å². The summed E-state index contributed by atoms with van der Waals surface area (Å²) in [4.78, 5) is 45.9. The minimum atomic E-state index is -0.672. The number of carbonyl (C=O) groups excluding carboxylic acids is 3. The summed E-state index contributed by atoms with van der Waals surface area (Å²) in [5.41, 5.74) is 5.33. The first kappa shape index (κ1) is 39.1. The fourth-order valence-electron chi connectivity index (χ4n) is 7.17. The number of hydrogen-bond acceptors (Lipinski definition) is 7. The molecule has 3 N–H and O–H groups in total. The molecule has 59 heavy (non-hydrogen) atoms. The number of fused-ring (bicyclic) bond motifs is 2. The molecule has 1 aromatic heterocycles. The Morgan fingerprint density at radius 3 is 2.27 bits per heavy atom. The Bertz CT molecular complexity index is 2700. The molecule has 0 fully saturated rings. The number of nitrogens with one attached hydrogen (secondary N) is 3. The third-order valence-electron chi connectivity index (χ3n) is 10.1. The van der Waals surface area contributed by atoms with Crippen molar-refractivity contribution >= 4 is 68.4 Å². The first-order valence-electron chi connectivity index (χ1n) is 19.2. The second kappa shape index (κ2) is 18.2. The van der Waals surface area contributed by atoms with Gasteiger partial charge in [-0.05, 0) is 75.9 Å². The van der Waals surface area contributed by atoms with Crippen molar-refractivity contribution in [1.82, 2.24) is 10.2 Å². The van der Waals surface area contributed by atoms with Gasteiger partial charge in [-0.15, -0.1) is 23.1 Å². The van der Waals surface area contributed by atoms with Crippen LogP contribution in [0.15, 0.2) is 168 Å². The lowest BCUT2D eigenvalue weighted by Gasteiger charge is -2.26. The van der Waals surface area contributed by atoms with Crippen LogP contribution < -0.4 is 16.0 Å². The summed E-state index contributed by atoms with van der Waals surface area (Å²) in [6, 6.07) is 52.0. The quantitative estimate of drug-likeness (QED) is 0.0837. The molecule has 290 valence electrons. The third-order valence-corrected chi connectivity index (χ3v) is 12.5. The Hall–Kier alpha value is -6.77. The predicted molar refractivity (Wildman–Crippen MR) is 238 cm³/mol. The topological polar surface area (TPSA) is 114 Å². The average Bonchev–Trinajstić information content (AvgIpc) is 3.62. The van der Waals surface area contributed by atoms with Crippen LogP contribution in [-0.2, 0) is 29.1 Å². The summed E-state index contributed by atoms with van der Waals surface area (Å²) in [7, 11) is 0. The summed E-state index contributed by atoms with van der Waals surface area (Å²) in [5, 5.41) is 21.1. The molecule has 0 aliphatic carbocycles. The zero-order chi connectivity index (χ0) is 40.6. The average molecular weight is 810 g/mol. The summed E-state index contributed by atoms with van der Waals surface area (Å²) in [5.74, 6) is -1.17. The zero-order valence-electron chi connectivity index (χ0n) is 31.9. The zero-order valence-corrected chi connectivity index (χ0v) is 33.6. The molecular weight excluding hydrogens is 771 g/mol. The molecule has 1 aliphatic rings. The summed E-state index contributed by atoms with van der Waals surface area (Å²) < 4.78 is 0. The highest BCUT2D eigenvalue weighted by Gasteiger charge is 2.28. The number of anilines is 2. The van der Waals surface area contributed by atoms with Gasteiger partial charge in [-0.25, -0.2) is 0 Å². The second-order valence-electron chi connectivity index (χ2n) is 14.1. The number of carbonyl (C=O) groups is 3. The smallest absolute Gasteiger partial charge is 0.272 e. The Morgan fingerprint density at radius 2 is 1.49 bits per heavy atom. The maximum Gasteiger partial charge on any atom is 0.272 e. The highest BCUT2D eigenvalue weighted by molar-refractivity contribution is 8.00. The van der Waals surface area contributed by atoms with Gasteiger partial charge < -0.3 is 16.0 Å². The van der Waals surface area contributed by atoms with Gasteiger partial charge >= 0.3 is 0 Å². The molecule has 0 radical (unpaired) electrons. The van der Waals surface area contributed by atoms with Crippen LogP contribution in [0.4, 0.5) is 10.7 Å². The Morgan fingerprint density at radius 1 is 0.797 bits per heavy atom. The SMILES string of the molecule is N#Cc1c(NC(=O)C(Sc2cccc(NC(=O)/C(=C\c3cccc4ccccc34)NC(=O)c3ccccc3)c2)c2ccccc2)sc2c1CCN(Cc1ccccc1)C2. The van der Waals surface area contributed by atoms with Crippen LogP contribution in [-0.4, -0.2) is 29.2 Å². The summed E-state index contributed by atoms with van der Waals surface area (Å²) in [6.45, 7) is 2.36. The lowest BCUT2D eigenvalue weighted by atomic mass is 10.0. The summed E-state index contributed by atoms with van der Waals surface area (Å²) in [6.07, 6.45) is 2.42. The van der Waals surface area contributed by atoms with E-state index in [0.717, 1.165) is 56.7 Å². The van der Waals surface area contributed by atoms with Gasteiger partial charge in [0.05, 0.1) is 5.56 Å². The first-order valence-corrected chi connectivity index (χ1v) is 20.9. The fourth-order valence-corrected chi connectivity index (χ4v) is 9.50. The number of rotatable bonds is 12. The molecule has 1 atom stereocenters. The minimum Gasteiger partial charge on any atom is -0.321 e. The molecule has 1 unspecified atom stereocenters. The van der Waals surface area contributed by atoms with Crippen molar-refractivity contribution in [1.29, 1.82) is 5.26 Å². The van der Waals surface area contributed by atoms with Gasteiger partial charge in [0.15, 0.2) is 0 Å². The molecule has 2 heterocycles. The number of hydrogen-bond donors (Lipinski definition) is 3. The normalized spacial score (nSPS) is 13.2. The number of amides is 3. The van der Waals surface area contributed by atoms with Crippen LogP contribution in [0.2, 0.25) is 0 Å². The van der Waals surface area contributed by atoms with Gasteiger partial charge in [0.1, 0.15) is 22.0 Å². The first-order chi connectivity index (χ1) is 28.9. The standard InChI is InChI=1S/C49H39N5O3S2/c50-30-42-41-26-27-54(31-33-14-4-1-5-15-33)32-44(41)59-49(42)53-48(57)45(35-17-6-2-7-18-35)58-39-24-13-23-38(29-39)51-47(56)43(52-46(55)36-19-8-3-9-20-36)28-37-22-12-21-34-16-10-11-25-40(34)37/h1-25,28-29,45H,26-27,31-32H2,(H,51,56)(H,52,55)(H,53,57)/b43-28+. The molecule has 8 nitrogen and oxygen atoms in total. The molecule has 0 bridgehead atoms. The summed E-state index contributed by atoms with van der Waals surface area (Å²) >= 11 is 2.82. The van der Waals surface area contributed by atoms with Crippen LogP contribution >= 0.6 is 23.1 Å². The molecule has 8 rings (SSSR count). The third kappa shape index (κ3) is 9.35. The fraction of sp³-hybridized carbons (Fsp3) is 0.102. The number of nitrogens with zero attached hydrogens (tertiary/aromatic N) is 2. The van der Waals surface area contributed by atoms with Gasteiger partial charge in [-0.2, -0.15) is 5.26 Å². The van der Waals surface area contributed by atoms with Crippen LogP contribution in [0, 0.1) is 11.3 Å². The van der Waals surface area contributed by atoms with Crippen molar-refractivity contribution < 1.29 is 14.4 Å². The molecule has 3 amide bonds. The van der Waals surface area contributed by atoms with Gasteiger partial charge in [0.25, 0.3) is 11.8 Å². The van der Waals surface area contributed by atoms with Crippen LogP contribution in [0.3, 0.4) is 0 Å². The number of thiophene rings is 1. The molecule has 0 saturated heterocycles. The van der Waals surface area contributed by atoms with E-state index in [1.165, 1.54) is 28.7 Å². The van der Waals surface area contributed by atoms with E-state index < -0.39 is 17.1 Å². The molecular formula is C49H39N5O3S2. The van der Waals surface area contributed by atoms with E-state index in [2.05, 4.69) is 39.1 Å². The number of benzene rings is 6. The maximum atomic E-state index is 14.3. The van der Waals surface area contributed by atoms with Crippen molar-refractivity contribution in [3.8, 4) is 6.07 Å². The Balaban J connectivity index is 1.03. The monoisotopic (exact) mass is 809 g/mol. The van der Waals surface area contributed by atoms with Crippen molar-refractivity contribution in [2.24, 2.45) is 0 Å². The highest BCUT2D eigenvalue weighted by Crippen LogP contribution is 2.41. The number of thioether (sulfide) groups is 1. The van der Waals surface area contributed by atoms with E-state index in [1.54, 1.807) is 36.4 Å². The Labute approximate surface area is 351 Å². The van der Waals surface area contributed by atoms with E-state index >= 15 is 0 Å². The van der Waals surface area contributed by atoms with Crippen molar-refractivity contribution in [2.45, 2.75) is 29.7 Å². The Kier molecular flexibility index (Phi) is 12.1. The second-order valence-corrected chi connectivity index (χ2v) is 16.4. The molecule has 6 aromatic carbocycles. The highest BCUT2D eigenvalue weighted by atomic mass is 32.2. The lowest BCUT2D eigenvalue weighted by molar-refractivity contribution is -0.116. The van der Waals surface area contributed by atoms with E-state index in [0.29, 0.717) is 28.4 Å². The largest absolute Gasteiger partial charge is 0.321 e. The van der Waals surface area contributed by atoms with Gasteiger partial charge in [-0.3, -0.25) is 19.3 Å². The molecule has 7 aromatic rings. The lowest BCUT2D eigenvalue weighted by Crippen LogP contribution is -2.30. The molecule has 10 heteroatoms. The van der Waals surface area contributed by atoms with E-state index in [9.17, 15) is 19.6 Å². The van der Waals surface area contributed by atoms with E-state index in [-0.39, 0.29) is 11.6 Å². The van der Waals surface area contributed by atoms with Crippen LogP contribution in [0.1, 0.15) is 48.3 Å². The van der Waals surface area contributed by atoms with Gasteiger partial charge in [0.2, 0.25) is 5.91 Å². The molecule has 0 spiro atoms. The van der Waals surface area contributed by atoms with Crippen molar-refractivity contribution in [3.63, 3.8) is 0 Å². The van der Waals surface area contributed by atoms with Crippen molar-refractivity contribution in [3.05, 3.63) is 202 Å². The molecule has 0 saturated carbocycles. The predicted octanol–water partition coefficient (Wildman–Crippen LogP) is 10.2. The van der Waals surface area contributed by atoms with Crippen LogP contribution in [0.5, 0.6) is 0 Å². The van der Waals surface area contributed by atoms with E-state index in [4.69, 9.17) is 0 Å². The van der Waals surface area contributed by atoms with Crippen LogP contribution in [0.25, 0.3) is 16.8 Å². The maximum absolute atomic E-state index is 14.3. The van der Waals surface area contributed by atoms with Crippen molar-refractivity contribution in [2.75, 3.05) is 17.2 Å². The molecule has 1 aliphatic heterocycles. The van der Waals surface area contributed by atoms with Gasteiger partial charge in [0, 0.05) is 40.7 Å². The van der Waals surface area contributed by atoms with Gasteiger partial charge in [-0.1, -0.05) is 127 Å².